The number of carbonyl (C=O) groups is 1. The number of amides is 1. The fourth-order valence-electron chi connectivity index (χ4n) is 3.22. The number of rotatable bonds is 4. The van der Waals surface area contributed by atoms with E-state index in [2.05, 4.69) is 21.2 Å². The number of hydrogen-bond acceptors (Lipinski definition) is 2. The van der Waals surface area contributed by atoms with Gasteiger partial charge in [-0.3, -0.25) is 4.79 Å². The van der Waals surface area contributed by atoms with Gasteiger partial charge < -0.3 is 10.2 Å². The largest absolute Gasteiger partial charge is 0.359 e. The number of nitrogens with one attached hydrogen (secondary N) is 1. The van der Waals surface area contributed by atoms with Crippen molar-refractivity contribution >= 4 is 27.5 Å². The van der Waals surface area contributed by atoms with Gasteiger partial charge in [-0.2, -0.15) is 0 Å². The number of fused-ring (bicyclic) bond motifs is 1. The van der Waals surface area contributed by atoms with E-state index in [0.29, 0.717) is 22.3 Å². The predicted molar refractivity (Wildman–Crippen MR) is 103 cm³/mol. The molecule has 3 aromatic carbocycles. The average Bonchev–Trinajstić information content (AvgIpc) is 2.91. The van der Waals surface area contributed by atoms with E-state index in [1.54, 1.807) is 17.0 Å². The predicted octanol–water partition coefficient (Wildman–Crippen LogP) is 5.35. The molecule has 1 N–H and O–H groups in total. The van der Waals surface area contributed by atoms with Crippen LogP contribution in [0.3, 0.4) is 0 Å². The third-order valence-electron chi connectivity index (χ3n) is 4.48. The van der Waals surface area contributed by atoms with Crippen molar-refractivity contribution in [1.29, 1.82) is 0 Å². The number of halogens is 2. The minimum absolute atomic E-state index is 0.0560. The zero-order chi connectivity index (χ0) is 18.1. The highest BCUT2D eigenvalue weighted by molar-refractivity contribution is 9.10. The molecule has 0 bridgehead atoms. The van der Waals surface area contributed by atoms with Crippen LogP contribution in [0.4, 0.5) is 10.1 Å². The van der Waals surface area contributed by atoms with Gasteiger partial charge in [0.1, 0.15) is 12.0 Å². The normalized spacial score (nSPS) is 15.8. The molecule has 130 valence electrons. The van der Waals surface area contributed by atoms with Crippen molar-refractivity contribution in [2.24, 2.45) is 0 Å². The first-order chi connectivity index (χ1) is 12.6. The van der Waals surface area contributed by atoms with Crippen LogP contribution in [0.5, 0.6) is 0 Å². The van der Waals surface area contributed by atoms with Crippen molar-refractivity contribution in [3.63, 3.8) is 0 Å². The van der Waals surface area contributed by atoms with Crippen molar-refractivity contribution < 1.29 is 9.18 Å². The number of nitrogens with zero attached hydrogens (tertiary/aromatic N) is 1. The van der Waals surface area contributed by atoms with Crippen molar-refractivity contribution in [3.05, 3.63) is 99.8 Å². The van der Waals surface area contributed by atoms with Crippen LogP contribution in [-0.4, -0.2) is 10.8 Å². The minimum Gasteiger partial charge on any atom is -0.359 e. The van der Waals surface area contributed by atoms with E-state index in [1.807, 2.05) is 54.6 Å². The Hall–Kier alpha value is -2.66. The molecule has 0 spiro atoms. The van der Waals surface area contributed by atoms with Crippen molar-refractivity contribution in [3.8, 4) is 0 Å². The Labute approximate surface area is 159 Å². The third kappa shape index (κ3) is 3.10. The topological polar surface area (TPSA) is 32.3 Å². The summed E-state index contributed by atoms with van der Waals surface area (Å²) in [5, 5.41) is 3.20. The first kappa shape index (κ1) is 16.8. The van der Waals surface area contributed by atoms with Crippen LogP contribution >= 0.6 is 15.9 Å². The Kier molecular flexibility index (Phi) is 4.47. The van der Waals surface area contributed by atoms with Gasteiger partial charge in [-0.1, -0.05) is 64.5 Å². The first-order valence-electron chi connectivity index (χ1n) is 8.29. The highest BCUT2D eigenvalue weighted by Gasteiger charge is 2.36. The van der Waals surface area contributed by atoms with Crippen LogP contribution in [-0.2, 0) is 6.54 Å². The lowest BCUT2D eigenvalue weighted by Crippen LogP contribution is -2.32. The molecule has 0 aliphatic carbocycles. The molecule has 5 heteroatoms. The number of benzene rings is 3. The second kappa shape index (κ2) is 6.92. The van der Waals surface area contributed by atoms with Crippen molar-refractivity contribution in [1.82, 2.24) is 4.90 Å². The van der Waals surface area contributed by atoms with Crippen LogP contribution < -0.4 is 5.32 Å². The standard InChI is InChI=1S/C21H16BrFN2O/c22-15-10-11-19(18(23)12-15)24-20-16-8-4-5-9-17(16)21(26)25(20)13-14-6-2-1-3-7-14/h1-12,20,24H,13H2/t20-/m0/s1. The molecule has 1 aliphatic heterocycles. The van der Waals surface area contributed by atoms with Gasteiger partial charge in [-0.15, -0.1) is 0 Å². The number of hydrogen-bond donors (Lipinski definition) is 1. The summed E-state index contributed by atoms with van der Waals surface area (Å²) in [6.45, 7) is 0.449. The molecule has 3 nitrogen and oxygen atoms in total. The molecule has 4 rings (SSSR count). The van der Waals surface area contributed by atoms with E-state index in [-0.39, 0.29) is 11.7 Å². The Morgan fingerprint density at radius 1 is 1.00 bits per heavy atom. The van der Waals surface area contributed by atoms with E-state index in [9.17, 15) is 9.18 Å². The summed E-state index contributed by atoms with van der Waals surface area (Å²) in [6, 6.07) is 22.1. The molecule has 1 amide bonds. The second-order valence-corrected chi connectivity index (χ2v) is 7.09. The maximum absolute atomic E-state index is 14.3. The molecular formula is C21H16BrFN2O. The summed E-state index contributed by atoms with van der Waals surface area (Å²) in [7, 11) is 0. The number of carbonyl (C=O) groups excluding carboxylic acids is 1. The summed E-state index contributed by atoms with van der Waals surface area (Å²) in [5.74, 6) is -0.421. The van der Waals surface area contributed by atoms with Gasteiger partial charge in [0.2, 0.25) is 0 Å². The lowest BCUT2D eigenvalue weighted by atomic mass is 10.1. The molecule has 3 aromatic rings. The molecule has 0 unspecified atom stereocenters. The molecular weight excluding hydrogens is 395 g/mol. The van der Waals surface area contributed by atoms with Crippen molar-refractivity contribution in [2.45, 2.75) is 12.7 Å². The van der Waals surface area contributed by atoms with Gasteiger partial charge in [-0.25, -0.2) is 4.39 Å². The monoisotopic (exact) mass is 410 g/mol. The zero-order valence-electron chi connectivity index (χ0n) is 13.8. The highest BCUT2D eigenvalue weighted by atomic mass is 79.9. The fraction of sp³-hybridized carbons (Fsp3) is 0.0952. The van der Waals surface area contributed by atoms with E-state index < -0.39 is 6.17 Å². The maximum atomic E-state index is 14.3. The van der Waals surface area contributed by atoms with Crippen LogP contribution in [0, 0.1) is 5.82 Å². The Morgan fingerprint density at radius 3 is 2.50 bits per heavy atom. The van der Waals surface area contributed by atoms with Crippen LogP contribution in [0.2, 0.25) is 0 Å². The maximum Gasteiger partial charge on any atom is 0.256 e. The molecule has 0 aromatic heterocycles. The van der Waals surface area contributed by atoms with Crippen LogP contribution in [0.15, 0.2) is 77.3 Å². The van der Waals surface area contributed by atoms with Crippen molar-refractivity contribution in [2.75, 3.05) is 5.32 Å². The van der Waals surface area contributed by atoms with Gasteiger partial charge >= 0.3 is 0 Å². The summed E-state index contributed by atoms with van der Waals surface area (Å²) < 4.78 is 15.0. The SMILES string of the molecule is O=C1c2ccccc2[C@@H](Nc2ccc(Br)cc2F)N1Cc1ccccc1. The average molecular weight is 411 g/mol. The molecule has 1 aliphatic rings. The quantitative estimate of drug-likeness (QED) is 0.628. The molecule has 1 heterocycles. The second-order valence-electron chi connectivity index (χ2n) is 6.18. The first-order valence-corrected chi connectivity index (χ1v) is 9.08. The smallest absolute Gasteiger partial charge is 0.256 e. The Morgan fingerprint density at radius 2 is 1.73 bits per heavy atom. The third-order valence-corrected chi connectivity index (χ3v) is 4.97. The summed E-state index contributed by atoms with van der Waals surface area (Å²) in [5.41, 5.74) is 2.90. The van der Waals surface area contributed by atoms with Crippen LogP contribution in [0.25, 0.3) is 0 Å². The van der Waals surface area contributed by atoms with E-state index in [0.717, 1.165) is 11.1 Å². The van der Waals surface area contributed by atoms with Gasteiger partial charge in [0.15, 0.2) is 0 Å². The molecule has 0 saturated heterocycles. The van der Waals surface area contributed by atoms with E-state index in [4.69, 9.17) is 0 Å². The lowest BCUT2D eigenvalue weighted by molar-refractivity contribution is 0.0728. The molecule has 1 atom stereocenters. The molecule has 26 heavy (non-hydrogen) atoms. The minimum atomic E-state index is -0.422. The lowest BCUT2D eigenvalue weighted by Gasteiger charge is -2.27. The summed E-state index contributed by atoms with van der Waals surface area (Å²) in [6.07, 6.45) is -0.422. The van der Waals surface area contributed by atoms with Crippen LogP contribution in [0.1, 0.15) is 27.7 Å². The Bertz CT molecular complexity index is 961. The van der Waals surface area contributed by atoms with Gasteiger partial charge in [0, 0.05) is 22.1 Å². The van der Waals surface area contributed by atoms with Gasteiger partial charge in [0.25, 0.3) is 5.91 Å². The highest BCUT2D eigenvalue weighted by Crippen LogP contribution is 2.36. The molecule has 0 radical (unpaired) electrons. The van der Waals surface area contributed by atoms with Gasteiger partial charge in [-0.05, 0) is 29.8 Å². The summed E-state index contributed by atoms with van der Waals surface area (Å²) >= 11 is 3.27. The zero-order valence-corrected chi connectivity index (χ0v) is 15.4. The van der Waals surface area contributed by atoms with Gasteiger partial charge in [0.05, 0.1) is 5.69 Å². The molecule has 0 fully saturated rings. The fourth-order valence-corrected chi connectivity index (χ4v) is 3.56. The summed E-state index contributed by atoms with van der Waals surface area (Å²) in [4.78, 5) is 14.7. The Balaban J connectivity index is 1.71. The number of anilines is 1. The van der Waals surface area contributed by atoms with E-state index >= 15 is 0 Å². The molecule has 0 saturated carbocycles. The van der Waals surface area contributed by atoms with E-state index in [1.165, 1.54) is 6.07 Å².